The molecular formula is C23H24FN5OS. The molecule has 0 aliphatic carbocycles. The number of hydrogen-bond acceptors (Lipinski definition) is 6. The third-order valence-corrected chi connectivity index (χ3v) is 5.72. The number of thiol groups is 1. The summed E-state index contributed by atoms with van der Waals surface area (Å²) in [4.78, 5) is 23.8. The van der Waals surface area contributed by atoms with E-state index in [0.717, 1.165) is 31.6 Å². The predicted molar refractivity (Wildman–Crippen MR) is 125 cm³/mol. The fourth-order valence-corrected chi connectivity index (χ4v) is 4.17. The Kier molecular flexibility index (Phi) is 5.82. The molecule has 1 amide bonds. The van der Waals surface area contributed by atoms with Gasteiger partial charge in [-0.25, -0.2) is 9.37 Å². The molecule has 160 valence electrons. The Morgan fingerprint density at radius 1 is 1.26 bits per heavy atom. The summed E-state index contributed by atoms with van der Waals surface area (Å²) in [5.41, 5.74) is 8.35. The fraction of sp³-hybridized carbons (Fsp3) is 0.261. The molecule has 1 saturated heterocycles. The average Bonchev–Trinajstić information content (AvgIpc) is 2.74. The molecule has 2 aromatic heterocycles. The van der Waals surface area contributed by atoms with Gasteiger partial charge < -0.3 is 16.0 Å². The molecule has 3 N–H and O–H groups in total. The summed E-state index contributed by atoms with van der Waals surface area (Å²) in [5.74, 6) is -0.892. The maximum absolute atomic E-state index is 14.2. The number of aromatic nitrogens is 2. The zero-order valence-corrected chi connectivity index (χ0v) is 18.1. The standard InChI is InChI=1S/C23H24FN5OS/c1-23(31)10-4-12-29(14-23)20-9-11-26-13-19(20)28-22(30)21-17(25)7-8-18(27-21)15-5-2-3-6-16(15)24/h2-3,5-9,11,13,31H,4,10,12,14,25H2,1H3,(H,28,30). The number of nitrogens with one attached hydrogen (secondary N) is 1. The monoisotopic (exact) mass is 437 g/mol. The number of rotatable bonds is 4. The number of nitrogens with zero attached hydrogens (tertiary/aromatic N) is 3. The highest BCUT2D eigenvalue weighted by atomic mass is 32.1. The van der Waals surface area contributed by atoms with E-state index in [1.54, 1.807) is 42.7 Å². The predicted octanol–water partition coefficient (Wildman–Crippen LogP) is 4.41. The van der Waals surface area contributed by atoms with Crippen molar-refractivity contribution in [1.82, 2.24) is 9.97 Å². The van der Waals surface area contributed by atoms with E-state index in [4.69, 9.17) is 18.4 Å². The number of nitrogens with two attached hydrogens (primary N) is 1. The second-order valence-electron chi connectivity index (χ2n) is 7.98. The van der Waals surface area contributed by atoms with Crippen molar-refractivity contribution in [2.45, 2.75) is 24.5 Å². The number of halogens is 1. The number of pyridine rings is 2. The van der Waals surface area contributed by atoms with E-state index in [1.165, 1.54) is 6.07 Å². The summed E-state index contributed by atoms with van der Waals surface area (Å²) in [6.07, 6.45) is 5.34. The first-order valence-electron chi connectivity index (χ1n) is 10.1. The summed E-state index contributed by atoms with van der Waals surface area (Å²) in [5, 5.41) is 2.88. The molecule has 1 fully saturated rings. The van der Waals surface area contributed by atoms with Gasteiger partial charge >= 0.3 is 0 Å². The Morgan fingerprint density at radius 2 is 2.06 bits per heavy atom. The topological polar surface area (TPSA) is 84.1 Å². The van der Waals surface area contributed by atoms with Crippen molar-refractivity contribution in [2.24, 2.45) is 0 Å². The van der Waals surface area contributed by atoms with Crippen LogP contribution in [-0.2, 0) is 0 Å². The second-order valence-corrected chi connectivity index (χ2v) is 9.06. The molecule has 0 spiro atoms. The number of anilines is 3. The number of piperidine rings is 1. The lowest BCUT2D eigenvalue weighted by Crippen LogP contribution is -2.43. The number of nitrogen functional groups attached to an aromatic ring is 1. The Hall–Kier alpha value is -3.13. The first-order chi connectivity index (χ1) is 14.8. The van der Waals surface area contributed by atoms with Gasteiger partial charge in [-0.3, -0.25) is 9.78 Å². The highest BCUT2D eigenvalue weighted by molar-refractivity contribution is 7.81. The molecule has 4 rings (SSSR count). The minimum absolute atomic E-state index is 0.0354. The van der Waals surface area contributed by atoms with E-state index in [0.29, 0.717) is 16.9 Å². The Balaban J connectivity index is 1.63. The molecule has 3 aromatic rings. The molecular weight excluding hydrogens is 413 g/mol. The summed E-state index contributed by atoms with van der Waals surface area (Å²) in [6.45, 7) is 3.74. The minimum Gasteiger partial charge on any atom is -0.397 e. The molecule has 1 atom stereocenters. The zero-order chi connectivity index (χ0) is 22.0. The van der Waals surface area contributed by atoms with Crippen LogP contribution in [-0.4, -0.2) is 33.7 Å². The Labute approximate surface area is 186 Å². The van der Waals surface area contributed by atoms with Crippen molar-refractivity contribution in [3.63, 3.8) is 0 Å². The molecule has 1 aromatic carbocycles. The van der Waals surface area contributed by atoms with Crippen LogP contribution >= 0.6 is 12.6 Å². The number of carbonyl (C=O) groups excluding carboxylic acids is 1. The van der Waals surface area contributed by atoms with E-state index >= 15 is 0 Å². The van der Waals surface area contributed by atoms with E-state index in [9.17, 15) is 9.18 Å². The highest BCUT2D eigenvalue weighted by Gasteiger charge is 2.29. The van der Waals surface area contributed by atoms with Crippen molar-refractivity contribution < 1.29 is 9.18 Å². The van der Waals surface area contributed by atoms with E-state index in [2.05, 4.69) is 27.1 Å². The van der Waals surface area contributed by atoms with Crippen molar-refractivity contribution in [3.05, 3.63) is 66.4 Å². The van der Waals surface area contributed by atoms with Gasteiger partial charge in [-0.2, -0.15) is 12.6 Å². The van der Waals surface area contributed by atoms with Crippen LogP contribution in [0.5, 0.6) is 0 Å². The molecule has 8 heteroatoms. The maximum atomic E-state index is 14.2. The first-order valence-corrected chi connectivity index (χ1v) is 10.5. The number of carbonyl (C=O) groups is 1. The molecule has 3 heterocycles. The van der Waals surface area contributed by atoms with Crippen LogP contribution in [0.25, 0.3) is 11.3 Å². The van der Waals surface area contributed by atoms with E-state index < -0.39 is 11.7 Å². The molecule has 0 bridgehead atoms. The van der Waals surface area contributed by atoms with Crippen molar-refractivity contribution >= 4 is 35.6 Å². The normalized spacial score (nSPS) is 18.6. The molecule has 1 aliphatic heterocycles. The third-order valence-electron chi connectivity index (χ3n) is 5.35. The summed E-state index contributed by atoms with van der Waals surface area (Å²) in [6, 6.07) is 11.3. The highest BCUT2D eigenvalue weighted by Crippen LogP contribution is 2.34. The second kappa shape index (κ2) is 8.55. The third kappa shape index (κ3) is 4.64. The van der Waals surface area contributed by atoms with Crippen LogP contribution in [0, 0.1) is 5.82 Å². The number of hydrogen-bond donors (Lipinski definition) is 3. The average molecular weight is 438 g/mol. The summed E-state index contributed by atoms with van der Waals surface area (Å²) < 4.78 is 14.1. The van der Waals surface area contributed by atoms with Gasteiger partial charge in [-0.05, 0) is 50.1 Å². The molecule has 0 saturated carbocycles. The van der Waals surface area contributed by atoms with Crippen LogP contribution in [0.3, 0.4) is 0 Å². The van der Waals surface area contributed by atoms with Crippen molar-refractivity contribution in [2.75, 3.05) is 29.0 Å². The zero-order valence-electron chi connectivity index (χ0n) is 17.2. The van der Waals surface area contributed by atoms with Crippen LogP contribution in [0.4, 0.5) is 21.5 Å². The summed E-state index contributed by atoms with van der Waals surface area (Å²) >= 11 is 4.75. The summed E-state index contributed by atoms with van der Waals surface area (Å²) in [7, 11) is 0. The van der Waals surface area contributed by atoms with Gasteiger partial charge in [-0.15, -0.1) is 0 Å². The van der Waals surface area contributed by atoms with Gasteiger partial charge in [0, 0.05) is 29.6 Å². The lowest BCUT2D eigenvalue weighted by molar-refractivity contribution is 0.102. The van der Waals surface area contributed by atoms with Gasteiger partial charge in [0.15, 0.2) is 5.69 Å². The molecule has 6 nitrogen and oxygen atoms in total. The maximum Gasteiger partial charge on any atom is 0.276 e. The smallest absolute Gasteiger partial charge is 0.276 e. The molecule has 0 radical (unpaired) electrons. The molecule has 31 heavy (non-hydrogen) atoms. The number of amides is 1. The number of benzene rings is 1. The lowest BCUT2D eigenvalue weighted by atomic mass is 9.98. The van der Waals surface area contributed by atoms with Gasteiger partial charge in [-0.1, -0.05) is 12.1 Å². The van der Waals surface area contributed by atoms with Gasteiger partial charge in [0.25, 0.3) is 5.91 Å². The SMILES string of the molecule is CC1(S)CCCN(c2ccncc2NC(=O)c2nc(-c3ccccc3F)ccc2N)C1. The van der Waals surface area contributed by atoms with Gasteiger partial charge in [0.2, 0.25) is 0 Å². The fourth-order valence-electron chi connectivity index (χ4n) is 3.84. The van der Waals surface area contributed by atoms with Gasteiger partial charge in [0.05, 0.1) is 29.0 Å². The Bertz CT molecular complexity index is 1120. The quantitative estimate of drug-likeness (QED) is 0.527. The van der Waals surface area contributed by atoms with Crippen LogP contribution in [0.1, 0.15) is 30.3 Å². The Morgan fingerprint density at radius 3 is 2.84 bits per heavy atom. The van der Waals surface area contributed by atoms with Crippen molar-refractivity contribution in [3.8, 4) is 11.3 Å². The molecule has 1 unspecified atom stereocenters. The molecule has 1 aliphatic rings. The van der Waals surface area contributed by atoms with Crippen molar-refractivity contribution in [1.29, 1.82) is 0 Å². The van der Waals surface area contributed by atoms with Crippen LogP contribution in [0.15, 0.2) is 54.9 Å². The first kappa shape index (κ1) is 21.1. The lowest BCUT2D eigenvalue weighted by Gasteiger charge is -2.39. The van der Waals surface area contributed by atoms with Crippen LogP contribution < -0.4 is 16.0 Å². The van der Waals surface area contributed by atoms with E-state index in [1.807, 2.05) is 6.07 Å². The largest absolute Gasteiger partial charge is 0.397 e. The minimum atomic E-state index is -0.476. The van der Waals surface area contributed by atoms with E-state index in [-0.39, 0.29) is 16.1 Å². The van der Waals surface area contributed by atoms with Gasteiger partial charge in [0.1, 0.15) is 5.82 Å². The van der Waals surface area contributed by atoms with Crippen LogP contribution in [0.2, 0.25) is 0 Å².